The summed E-state index contributed by atoms with van der Waals surface area (Å²) in [5.41, 5.74) is 0. The summed E-state index contributed by atoms with van der Waals surface area (Å²) in [7, 11) is 0. The lowest BCUT2D eigenvalue weighted by molar-refractivity contribution is -0.138. The highest BCUT2D eigenvalue weighted by Gasteiger charge is 2.19. The first-order valence-electron chi connectivity index (χ1n) is 5.52. The molecule has 0 aliphatic carbocycles. The van der Waals surface area contributed by atoms with Gasteiger partial charge in [0.2, 0.25) is 0 Å². The molecule has 1 atom stereocenters. The smallest absolute Gasteiger partial charge is 0.311 e. The monoisotopic (exact) mass is 226 g/mol. The Bertz CT molecular complexity index is 280. The zero-order valence-electron chi connectivity index (χ0n) is 9.11. The highest BCUT2D eigenvalue weighted by molar-refractivity contribution is 7.10. The van der Waals surface area contributed by atoms with E-state index < -0.39 is 5.97 Å². The summed E-state index contributed by atoms with van der Waals surface area (Å²) in [5, 5.41) is 11.1. The maximum absolute atomic E-state index is 11.1. The van der Waals surface area contributed by atoms with Crippen molar-refractivity contribution in [1.82, 2.24) is 0 Å². The Morgan fingerprint density at radius 1 is 1.47 bits per heavy atom. The Morgan fingerprint density at radius 3 is 2.80 bits per heavy atom. The van der Waals surface area contributed by atoms with Crippen LogP contribution in [0.2, 0.25) is 0 Å². The summed E-state index contributed by atoms with van der Waals surface area (Å²) in [5.74, 6) is -0.976. The highest BCUT2D eigenvalue weighted by atomic mass is 32.1. The van der Waals surface area contributed by atoms with Gasteiger partial charge in [-0.15, -0.1) is 11.3 Å². The van der Waals surface area contributed by atoms with Crippen molar-refractivity contribution in [3.05, 3.63) is 22.4 Å². The number of hydrogen-bond donors (Lipinski definition) is 1. The number of carboxylic acid groups (broad SMARTS) is 1. The fourth-order valence-electron chi connectivity index (χ4n) is 1.65. The summed E-state index contributed by atoms with van der Waals surface area (Å²) >= 11 is 1.54. The molecule has 1 aromatic heterocycles. The molecule has 0 aromatic carbocycles. The van der Waals surface area contributed by atoms with Gasteiger partial charge in [0.25, 0.3) is 0 Å². The van der Waals surface area contributed by atoms with Gasteiger partial charge in [0.1, 0.15) is 0 Å². The molecule has 1 aromatic rings. The molecule has 0 saturated carbocycles. The highest BCUT2D eigenvalue weighted by Crippen LogP contribution is 2.26. The third-order valence-electron chi connectivity index (χ3n) is 2.53. The molecular formula is C12H18O2S. The molecule has 0 fully saturated rings. The van der Waals surface area contributed by atoms with Crippen LogP contribution in [0.25, 0.3) is 0 Å². The molecule has 84 valence electrons. The average molecular weight is 226 g/mol. The Balaban J connectivity index is 2.42. The van der Waals surface area contributed by atoms with Crippen molar-refractivity contribution in [1.29, 1.82) is 0 Å². The summed E-state index contributed by atoms with van der Waals surface area (Å²) in [6, 6.07) is 3.84. The quantitative estimate of drug-likeness (QED) is 0.716. The van der Waals surface area contributed by atoms with Crippen LogP contribution < -0.4 is 0 Å². The number of carboxylic acids is 1. The molecule has 0 saturated heterocycles. The predicted molar refractivity (Wildman–Crippen MR) is 63.5 cm³/mol. The minimum absolute atomic E-state index is 0.290. The predicted octanol–water partition coefficient (Wildman–Crippen LogP) is 3.89. The topological polar surface area (TPSA) is 37.3 Å². The fraction of sp³-hybridized carbons (Fsp3) is 0.583. The molecule has 1 unspecified atom stereocenters. The average Bonchev–Trinajstić information content (AvgIpc) is 2.70. The van der Waals surface area contributed by atoms with Gasteiger partial charge < -0.3 is 5.11 Å². The van der Waals surface area contributed by atoms with Crippen molar-refractivity contribution in [2.24, 2.45) is 0 Å². The summed E-state index contributed by atoms with van der Waals surface area (Å²) < 4.78 is 0. The first kappa shape index (κ1) is 12.2. The maximum Gasteiger partial charge on any atom is 0.311 e. The molecule has 1 N–H and O–H groups in total. The number of rotatable bonds is 7. The fourth-order valence-corrected chi connectivity index (χ4v) is 2.51. The van der Waals surface area contributed by atoms with Gasteiger partial charge in [0, 0.05) is 4.88 Å². The molecule has 0 aliphatic rings. The molecule has 0 aliphatic heterocycles. The number of thiophene rings is 1. The molecule has 1 rings (SSSR count). The van der Waals surface area contributed by atoms with E-state index in [1.807, 2.05) is 17.5 Å². The van der Waals surface area contributed by atoms with E-state index in [-0.39, 0.29) is 5.92 Å². The van der Waals surface area contributed by atoms with E-state index in [1.54, 1.807) is 11.3 Å². The van der Waals surface area contributed by atoms with E-state index in [1.165, 1.54) is 12.8 Å². The Kier molecular flexibility index (Phi) is 5.40. The first-order chi connectivity index (χ1) is 7.25. The zero-order valence-corrected chi connectivity index (χ0v) is 9.93. The van der Waals surface area contributed by atoms with Gasteiger partial charge in [-0.25, -0.2) is 0 Å². The van der Waals surface area contributed by atoms with Crippen LogP contribution in [-0.4, -0.2) is 11.1 Å². The van der Waals surface area contributed by atoms with Crippen molar-refractivity contribution >= 4 is 17.3 Å². The molecule has 1 heterocycles. The lowest BCUT2D eigenvalue weighted by Gasteiger charge is -2.09. The second kappa shape index (κ2) is 6.62. The largest absolute Gasteiger partial charge is 0.481 e. The summed E-state index contributed by atoms with van der Waals surface area (Å²) in [4.78, 5) is 12.1. The maximum atomic E-state index is 11.1. The van der Waals surface area contributed by atoms with Crippen molar-refractivity contribution in [2.75, 3.05) is 0 Å². The lowest BCUT2D eigenvalue weighted by atomic mass is 9.99. The Hall–Kier alpha value is -0.830. The van der Waals surface area contributed by atoms with Gasteiger partial charge in [-0.3, -0.25) is 4.79 Å². The van der Waals surface area contributed by atoms with Gasteiger partial charge >= 0.3 is 5.97 Å². The van der Waals surface area contributed by atoms with E-state index >= 15 is 0 Å². The first-order valence-corrected chi connectivity index (χ1v) is 6.40. The molecule has 3 heteroatoms. The molecule has 15 heavy (non-hydrogen) atoms. The second-order valence-corrected chi connectivity index (χ2v) is 4.73. The van der Waals surface area contributed by atoms with Crippen LogP contribution >= 0.6 is 11.3 Å². The van der Waals surface area contributed by atoms with Crippen molar-refractivity contribution in [3.63, 3.8) is 0 Å². The lowest BCUT2D eigenvalue weighted by Crippen LogP contribution is -2.10. The second-order valence-electron chi connectivity index (χ2n) is 3.76. The molecule has 0 spiro atoms. The van der Waals surface area contributed by atoms with Crippen LogP contribution in [0.4, 0.5) is 0 Å². The Morgan fingerprint density at radius 2 is 2.27 bits per heavy atom. The van der Waals surface area contributed by atoms with E-state index in [9.17, 15) is 4.79 Å². The van der Waals surface area contributed by atoms with Crippen molar-refractivity contribution < 1.29 is 9.90 Å². The van der Waals surface area contributed by atoms with Gasteiger partial charge in [-0.1, -0.05) is 38.7 Å². The molecule has 2 nitrogen and oxygen atoms in total. The summed E-state index contributed by atoms with van der Waals surface area (Å²) in [6.07, 6.45) is 5.33. The molecule has 0 bridgehead atoms. The van der Waals surface area contributed by atoms with Crippen LogP contribution in [-0.2, 0) is 4.79 Å². The minimum Gasteiger partial charge on any atom is -0.481 e. The zero-order chi connectivity index (χ0) is 11.1. The van der Waals surface area contributed by atoms with Gasteiger partial charge in [0.05, 0.1) is 5.92 Å². The van der Waals surface area contributed by atoms with Gasteiger partial charge in [-0.05, 0) is 17.9 Å². The Labute approximate surface area is 94.9 Å². The van der Waals surface area contributed by atoms with Crippen molar-refractivity contribution in [2.45, 2.75) is 44.9 Å². The van der Waals surface area contributed by atoms with Crippen LogP contribution in [0.3, 0.4) is 0 Å². The van der Waals surface area contributed by atoms with E-state index in [0.29, 0.717) is 0 Å². The molecular weight excluding hydrogens is 208 g/mol. The minimum atomic E-state index is -0.686. The number of carbonyl (C=O) groups is 1. The van der Waals surface area contributed by atoms with Crippen LogP contribution in [0, 0.1) is 0 Å². The number of hydrogen-bond acceptors (Lipinski definition) is 2. The third-order valence-corrected chi connectivity index (χ3v) is 3.52. The van der Waals surface area contributed by atoms with Crippen molar-refractivity contribution in [3.8, 4) is 0 Å². The normalized spacial score (nSPS) is 12.6. The summed E-state index contributed by atoms with van der Waals surface area (Å²) in [6.45, 7) is 2.16. The SMILES string of the molecule is CCCCCCC(C(=O)O)c1cccs1. The molecule has 0 radical (unpaired) electrons. The van der Waals surface area contributed by atoms with E-state index in [2.05, 4.69) is 6.92 Å². The standard InChI is InChI=1S/C12H18O2S/c1-2-3-4-5-7-10(12(13)14)11-8-6-9-15-11/h6,8-10H,2-5,7H2,1H3,(H,13,14). The number of aliphatic carboxylic acids is 1. The van der Waals surface area contributed by atoms with E-state index in [0.717, 1.165) is 24.1 Å². The van der Waals surface area contributed by atoms with Crippen LogP contribution in [0.1, 0.15) is 49.8 Å². The van der Waals surface area contributed by atoms with E-state index in [4.69, 9.17) is 5.11 Å². The third kappa shape index (κ3) is 4.04. The van der Waals surface area contributed by atoms with Gasteiger partial charge in [-0.2, -0.15) is 0 Å². The van der Waals surface area contributed by atoms with Gasteiger partial charge in [0.15, 0.2) is 0 Å². The number of unbranched alkanes of at least 4 members (excludes halogenated alkanes) is 3. The van der Waals surface area contributed by atoms with Crippen LogP contribution in [0.5, 0.6) is 0 Å². The molecule has 0 amide bonds. The van der Waals surface area contributed by atoms with Crippen LogP contribution in [0.15, 0.2) is 17.5 Å².